The van der Waals surface area contributed by atoms with Crippen LogP contribution in [0.25, 0.3) is 0 Å². The first-order valence-electron chi connectivity index (χ1n) is 3.90. The minimum absolute atomic E-state index is 0. The number of benzene rings is 1. The zero-order chi connectivity index (χ0) is 10.7. The Balaban J connectivity index is 0.00000196. The van der Waals surface area contributed by atoms with Gasteiger partial charge in [0, 0.05) is 6.42 Å². The number of carboxylic acid groups (broad SMARTS) is 1. The van der Waals surface area contributed by atoms with E-state index < -0.39 is 12.1 Å². The summed E-state index contributed by atoms with van der Waals surface area (Å²) in [4.78, 5) is 10.2. The van der Waals surface area contributed by atoms with E-state index in [1.807, 2.05) is 0 Å². The van der Waals surface area contributed by atoms with Crippen LogP contribution in [-0.2, 0) is 11.2 Å². The molecule has 0 saturated heterocycles. The minimum atomic E-state index is -1.61. The average Bonchev–Trinajstić information content (AvgIpc) is 2.11. The predicted octanol–water partition coefficient (Wildman–Crippen LogP) is -4.24. The Morgan fingerprint density at radius 1 is 1.33 bits per heavy atom. The van der Waals surface area contributed by atoms with Crippen molar-refractivity contribution in [3.63, 3.8) is 0 Å². The number of rotatable bonds is 3. The summed E-state index contributed by atoms with van der Waals surface area (Å²) in [5, 5.41) is 37.1. The summed E-state index contributed by atoms with van der Waals surface area (Å²) in [6.07, 6.45) is -1.78. The van der Waals surface area contributed by atoms with E-state index in [-0.39, 0.29) is 47.5 Å². The second-order valence-corrected chi connectivity index (χ2v) is 2.86. The summed E-state index contributed by atoms with van der Waals surface area (Å²) in [7, 11) is 0. The van der Waals surface area contributed by atoms with Crippen LogP contribution in [0.2, 0.25) is 0 Å². The molecule has 15 heavy (non-hydrogen) atoms. The van der Waals surface area contributed by atoms with E-state index in [0.717, 1.165) is 0 Å². The van der Waals surface area contributed by atoms with Gasteiger partial charge in [-0.05, 0) is 17.7 Å². The number of hydrogen-bond donors (Lipinski definition) is 3. The molecule has 0 unspecified atom stereocenters. The van der Waals surface area contributed by atoms with Gasteiger partial charge in [-0.15, -0.1) is 0 Å². The van der Waals surface area contributed by atoms with E-state index in [2.05, 4.69) is 0 Å². The van der Waals surface area contributed by atoms with Crippen LogP contribution in [-0.4, -0.2) is 27.4 Å². The van der Waals surface area contributed by atoms with Crippen molar-refractivity contribution in [3.8, 4) is 11.5 Å². The van der Waals surface area contributed by atoms with E-state index in [0.29, 0.717) is 5.56 Å². The first-order chi connectivity index (χ1) is 6.50. The van der Waals surface area contributed by atoms with Crippen molar-refractivity contribution >= 4 is 5.97 Å². The molecule has 0 fully saturated rings. The summed E-state index contributed by atoms with van der Waals surface area (Å²) in [5.74, 6) is -2.22. The molecule has 0 saturated carbocycles. The average molecular weight is 220 g/mol. The Kier molecular flexibility index (Phi) is 5.67. The van der Waals surface area contributed by atoms with E-state index >= 15 is 0 Å². The molecule has 0 radical (unpaired) electrons. The van der Waals surface area contributed by atoms with Crippen LogP contribution in [0, 0.1) is 0 Å². The van der Waals surface area contributed by atoms with Crippen molar-refractivity contribution in [1.82, 2.24) is 0 Å². The molecule has 5 nitrogen and oxygen atoms in total. The maximum atomic E-state index is 10.2. The number of hydrogen-bond acceptors (Lipinski definition) is 5. The van der Waals surface area contributed by atoms with Gasteiger partial charge in [0.1, 0.15) is 0 Å². The molecule has 0 aromatic heterocycles. The zero-order valence-corrected chi connectivity index (χ0v) is 10.2. The standard InChI is InChI=1S/C9H10O5.Na/c10-6-2-1-5(3-7(6)11)4-8(12)9(13)14;/h1-3,8,10-12H,4H2,(H,13,14);/q;+1/p-1/t8-;/m0./s1. The molecule has 76 valence electrons. The zero-order valence-electron chi connectivity index (χ0n) is 8.17. The number of aliphatic carboxylic acids is 1. The van der Waals surface area contributed by atoms with Crippen LogP contribution in [0.1, 0.15) is 5.56 Å². The van der Waals surface area contributed by atoms with Gasteiger partial charge < -0.3 is 25.2 Å². The van der Waals surface area contributed by atoms with E-state index in [9.17, 15) is 9.90 Å². The number of carbonyl (C=O) groups excluding carboxylic acids is 1. The van der Waals surface area contributed by atoms with Crippen LogP contribution >= 0.6 is 0 Å². The number of aliphatic hydroxyl groups is 1. The molecule has 1 atom stereocenters. The normalized spacial score (nSPS) is 11.5. The van der Waals surface area contributed by atoms with Crippen LogP contribution < -0.4 is 34.7 Å². The molecule has 1 aromatic rings. The fourth-order valence-corrected chi connectivity index (χ4v) is 1.00. The first kappa shape index (κ1) is 14.2. The second kappa shape index (κ2) is 5.97. The monoisotopic (exact) mass is 220 g/mol. The van der Waals surface area contributed by atoms with Gasteiger partial charge in [-0.3, -0.25) is 0 Å². The molecule has 0 aliphatic carbocycles. The third-order valence-electron chi connectivity index (χ3n) is 1.74. The van der Waals surface area contributed by atoms with Crippen molar-refractivity contribution < 1.29 is 54.8 Å². The smallest absolute Gasteiger partial charge is 0.547 e. The maximum Gasteiger partial charge on any atom is 1.00 e. The molecular weight excluding hydrogens is 211 g/mol. The van der Waals surface area contributed by atoms with E-state index in [4.69, 9.17) is 15.3 Å². The first-order valence-corrected chi connectivity index (χ1v) is 3.90. The Bertz CT molecular complexity index is 352. The van der Waals surface area contributed by atoms with Crippen molar-refractivity contribution in [1.29, 1.82) is 0 Å². The maximum absolute atomic E-state index is 10.2. The Morgan fingerprint density at radius 2 is 1.93 bits per heavy atom. The summed E-state index contributed by atoms with van der Waals surface area (Å²) in [6, 6.07) is 3.80. The predicted molar refractivity (Wildman–Crippen MR) is 44.5 cm³/mol. The fraction of sp³-hybridized carbons (Fsp3) is 0.222. The van der Waals surface area contributed by atoms with E-state index in [1.54, 1.807) is 0 Å². The van der Waals surface area contributed by atoms with Gasteiger partial charge >= 0.3 is 29.6 Å². The van der Waals surface area contributed by atoms with Gasteiger partial charge in [-0.25, -0.2) is 0 Å². The number of carboxylic acids is 1. The molecule has 1 aromatic carbocycles. The van der Waals surface area contributed by atoms with Crippen molar-refractivity contribution in [2.24, 2.45) is 0 Å². The quantitative estimate of drug-likeness (QED) is 0.354. The van der Waals surface area contributed by atoms with Gasteiger partial charge in [0.25, 0.3) is 0 Å². The molecular formula is C9H9NaO5. The molecule has 0 heterocycles. The Hall–Kier alpha value is -0.750. The van der Waals surface area contributed by atoms with Crippen LogP contribution in [0.4, 0.5) is 0 Å². The van der Waals surface area contributed by atoms with Gasteiger partial charge in [-0.2, -0.15) is 0 Å². The molecule has 0 aliphatic rings. The molecule has 6 heteroatoms. The van der Waals surface area contributed by atoms with Crippen molar-refractivity contribution in [3.05, 3.63) is 23.8 Å². The summed E-state index contributed by atoms with van der Waals surface area (Å²) >= 11 is 0. The number of carbonyl (C=O) groups is 1. The minimum Gasteiger partial charge on any atom is -0.547 e. The van der Waals surface area contributed by atoms with Crippen LogP contribution in [0.15, 0.2) is 18.2 Å². The Labute approximate surface area is 108 Å². The van der Waals surface area contributed by atoms with Gasteiger partial charge in [0.2, 0.25) is 0 Å². The fourth-order valence-electron chi connectivity index (χ4n) is 1.00. The number of phenolic OH excluding ortho intramolecular Hbond substituents is 2. The number of aromatic hydroxyl groups is 2. The molecule has 0 spiro atoms. The number of phenols is 2. The van der Waals surface area contributed by atoms with Gasteiger partial charge in [0.05, 0.1) is 12.1 Å². The van der Waals surface area contributed by atoms with E-state index in [1.165, 1.54) is 18.2 Å². The van der Waals surface area contributed by atoms with Crippen LogP contribution in [0.3, 0.4) is 0 Å². The van der Waals surface area contributed by atoms with Crippen molar-refractivity contribution in [2.75, 3.05) is 0 Å². The summed E-state index contributed by atoms with van der Waals surface area (Å²) < 4.78 is 0. The molecule has 0 amide bonds. The van der Waals surface area contributed by atoms with Gasteiger partial charge in [-0.1, -0.05) is 6.07 Å². The topological polar surface area (TPSA) is 101 Å². The van der Waals surface area contributed by atoms with Crippen LogP contribution in [0.5, 0.6) is 11.5 Å². The van der Waals surface area contributed by atoms with Gasteiger partial charge in [0.15, 0.2) is 11.5 Å². The Morgan fingerprint density at radius 3 is 2.40 bits per heavy atom. The number of aliphatic hydroxyl groups excluding tert-OH is 1. The SMILES string of the molecule is O=C([O-])[C@@H](O)Cc1ccc(O)c(O)c1.[Na+]. The molecule has 0 bridgehead atoms. The molecule has 1 rings (SSSR count). The molecule has 3 N–H and O–H groups in total. The van der Waals surface area contributed by atoms with Crippen molar-refractivity contribution in [2.45, 2.75) is 12.5 Å². The summed E-state index contributed by atoms with van der Waals surface area (Å²) in [5.41, 5.74) is 0.400. The summed E-state index contributed by atoms with van der Waals surface area (Å²) in [6.45, 7) is 0. The third-order valence-corrected chi connectivity index (χ3v) is 1.74. The second-order valence-electron chi connectivity index (χ2n) is 2.86. The largest absolute Gasteiger partial charge is 1.00 e. The molecule has 0 aliphatic heterocycles. The third kappa shape index (κ3) is 4.09.